The zero-order chi connectivity index (χ0) is 20.0. The molecule has 0 heterocycles. The summed E-state index contributed by atoms with van der Waals surface area (Å²) in [4.78, 5) is 26.1. The van der Waals surface area contributed by atoms with Crippen molar-refractivity contribution in [3.05, 3.63) is 29.8 Å². The summed E-state index contributed by atoms with van der Waals surface area (Å²) in [6, 6.07) is 6.69. The van der Waals surface area contributed by atoms with Gasteiger partial charge < -0.3 is 10.6 Å². The molecule has 1 aromatic carbocycles. The van der Waals surface area contributed by atoms with Crippen LogP contribution in [0.3, 0.4) is 0 Å². The number of amides is 2. The Balaban J connectivity index is 2.79. The Morgan fingerprint density at radius 1 is 1.19 bits per heavy atom. The van der Waals surface area contributed by atoms with Crippen LogP contribution in [0.25, 0.3) is 0 Å². The number of carbonyl (C=O) groups excluding carboxylic acids is 2. The molecule has 146 valence electrons. The molecule has 7 nitrogen and oxygen atoms in total. The summed E-state index contributed by atoms with van der Waals surface area (Å²) in [6.07, 6.45) is 1.18. The number of rotatable bonds is 8. The van der Waals surface area contributed by atoms with Gasteiger partial charge in [-0.2, -0.15) is 0 Å². The minimum Gasteiger partial charge on any atom is -0.352 e. The molecule has 0 aliphatic carbocycles. The van der Waals surface area contributed by atoms with E-state index in [-0.39, 0.29) is 36.2 Å². The molecule has 0 aromatic heterocycles. The highest BCUT2D eigenvalue weighted by atomic mass is 32.2. The van der Waals surface area contributed by atoms with E-state index in [1.807, 2.05) is 32.6 Å². The van der Waals surface area contributed by atoms with Crippen LogP contribution in [0.2, 0.25) is 0 Å². The number of sulfone groups is 1. The molecular weight excluding hydrogens is 354 g/mol. The van der Waals surface area contributed by atoms with E-state index in [0.29, 0.717) is 17.8 Å². The highest BCUT2D eigenvalue weighted by Crippen LogP contribution is 2.15. The number of benzene rings is 1. The molecule has 0 radical (unpaired) electrons. The van der Waals surface area contributed by atoms with Gasteiger partial charge in [-0.15, -0.1) is 0 Å². The van der Waals surface area contributed by atoms with E-state index in [1.54, 1.807) is 24.3 Å². The first-order valence-electron chi connectivity index (χ1n) is 8.53. The van der Waals surface area contributed by atoms with Crippen molar-refractivity contribution in [2.45, 2.75) is 33.2 Å². The van der Waals surface area contributed by atoms with Gasteiger partial charge in [-0.3, -0.25) is 14.5 Å². The topological polar surface area (TPSA) is 95.6 Å². The smallest absolute Gasteiger partial charge is 0.251 e. The monoisotopic (exact) mass is 383 g/mol. The zero-order valence-corrected chi connectivity index (χ0v) is 16.9. The number of nitrogens with zero attached hydrogens (tertiary/aromatic N) is 1. The van der Waals surface area contributed by atoms with Crippen LogP contribution < -0.4 is 10.6 Å². The van der Waals surface area contributed by atoms with Gasteiger partial charge in [0.15, 0.2) is 0 Å². The third-order valence-corrected chi connectivity index (χ3v) is 4.69. The number of hydrogen-bond acceptors (Lipinski definition) is 5. The predicted molar refractivity (Wildman–Crippen MR) is 104 cm³/mol. The predicted octanol–water partition coefficient (Wildman–Crippen LogP) is 1.52. The average molecular weight is 384 g/mol. The maximum atomic E-state index is 12.4. The molecule has 0 atom stereocenters. The van der Waals surface area contributed by atoms with E-state index in [0.717, 1.165) is 0 Å². The molecule has 26 heavy (non-hydrogen) atoms. The fourth-order valence-corrected chi connectivity index (χ4v) is 2.85. The molecule has 2 N–H and O–H groups in total. The molecule has 1 aromatic rings. The Morgan fingerprint density at radius 2 is 1.85 bits per heavy atom. The van der Waals surface area contributed by atoms with Crippen molar-refractivity contribution < 1.29 is 18.0 Å². The van der Waals surface area contributed by atoms with Crippen LogP contribution in [0, 0.1) is 0 Å². The first-order valence-corrected chi connectivity index (χ1v) is 10.6. The molecule has 0 saturated heterocycles. The van der Waals surface area contributed by atoms with Crippen molar-refractivity contribution in [1.82, 2.24) is 10.2 Å². The van der Waals surface area contributed by atoms with E-state index in [2.05, 4.69) is 10.6 Å². The lowest BCUT2D eigenvalue weighted by atomic mass is 10.1. The van der Waals surface area contributed by atoms with E-state index in [4.69, 9.17) is 0 Å². The number of anilines is 1. The molecule has 0 aliphatic rings. The van der Waals surface area contributed by atoms with Crippen LogP contribution in [-0.4, -0.2) is 62.3 Å². The Bertz CT molecular complexity index is 739. The van der Waals surface area contributed by atoms with Crippen LogP contribution in [0.1, 0.15) is 38.1 Å². The standard InChI is InChI=1S/C18H29N3O4S/c1-6-19-17(23)14-8-7-9-15(12-14)20-16(22)13-21(18(2,3)4)10-11-26(5,24)25/h7-9,12H,6,10-11,13H2,1-5H3,(H,19,23)(H,20,22). The molecule has 0 spiro atoms. The second-order valence-corrected chi connectivity index (χ2v) is 9.47. The largest absolute Gasteiger partial charge is 0.352 e. The molecule has 2 amide bonds. The van der Waals surface area contributed by atoms with Crippen LogP contribution in [-0.2, 0) is 14.6 Å². The second-order valence-electron chi connectivity index (χ2n) is 7.21. The third kappa shape index (κ3) is 7.97. The molecule has 1 rings (SSSR count). The minimum atomic E-state index is -3.11. The minimum absolute atomic E-state index is 0.00970. The molecule has 0 unspecified atom stereocenters. The molecule has 0 bridgehead atoms. The van der Waals surface area contributed by atoms with Gasteiger partial charge >= 0.3 is 0 Å². The van der Waals surface area contributed by atoms with Crippen molar-refractivity contribution >= 4 is 27.3 Å². The maximum Gasteiger partial charge on any atom is 0.251 e. The summed E-state index contributed by atoms with van der Waals surface area (Å²) in [5, 5.41) is 5.48. The van der Waals surface area contributed by atoms with Gasteiger partial charge in [0.25, 0.3) is 5.91 Å². The van der Waals surface area contributed by atoms with Gasteiger partial charge in [0, 0.05) is 36.1 Å². The Kier molecular flexibility index (Phi) is 7.77. The fraction of sp³-hybridized carbons (Fsp3) is 0.556. The summed E-state index contributed by atoms with van der Waals surface area (Å²) < 4.78 is 22.9. The quantitative estimate of drug-likeness (QED) is 0.710. The first-order chi connectivity index (χ1) is 11.9. The molecule has 0 aliphatic heterocycles. The summed E-state index contributed by atoms with van der Waals surface area (Å²) >= 11 is 0. The molecule has 8 heteroatoms. The van der Waals surface area contributed by atoms with Crippen LogP contribution >= 0.6 is 0 Å². The van der Waals surface area contributed by atoms with Gasteiger partial charge in [-0.25, -0.2) is 8.42 Å². The van der Waals surface area contributed by atoms with E-state index >= 15 is 0 Å². The maximum absolute atomic E-state index is 12.4. The SMILES string of the molecule is CCNC(=O)c1cccc(NC(=O)CN(CCS(C)(=O)=O)C(C)(C)C)c1. The van der Waals surface area contributed by atoms with Crippen LogP contribution in [0.15, 0.2) is 24.3 Å². The number of carbonyl (C=O) groups is 2. The Labute approximate surface area is 156 Å². The lowest BCUT2D eigenvalue weighted by Gasteiger charge is -2.34. The van der Waals surface area contributed by atoms with Crippen molar-refractivity contribution in [2.75, 3.05) is 37.0 Å². The molecular formula is C18H29N3O4S. The summed E-state index contributed by atoms with van der Waals surface area (Å²) in [6.45, 7) is 8.48. The second kappa shape index (κ2) is 9.14. The van der Waals surface area contributed by atoms with Gasteiger partial charge in [0.2, 0.25) is 5.91 Å². The van der Waals surface area contributed by atoms with Crippen LogP contribution in [0.5, 0.6) is 0 Å². The van der Waals surface area contributed by atoms with E-state index < -0.39 is 9.84 Å². The molecule has 0 fully saturated rings. The Morgan fingerprint density at radius 3 is 2.38 bits per heavy atom. The normalized spacial score (nSPS) is 12.1. The summed E-state index contributed by atoms with van der Waals surface area (Å²) in [7, 11) is -3.11. The van der Waals surface area contributed by atoms with Gasteiger partial charge in [-0.05, 0) is 45.9 Å². The van der Waals surface area contributed by atoms with Crippen molar-refractivity contribution in [2.24, 2.45) is 0 Å². The van der Waals surface area contributed by atoms with Crippen molar-refractivity contribution in [3.63, 3.8) is 0 Å². The van der Waals surface area contributed by atoms with Gasteiger partial charge in [0.1, 0.15) is 9.84 Å². The van der Waals surface area contributed by atoms with E-state index in [9.17, 15) is 18.0 Å². The van der Waals surface area contributed by atoms with Gasteiger partial charge in [0.05, 0.1) is 12.3 Å². The fourth-order valence-electron chi connectivity index (χ4n) is 2.30. The van der Waals surface area contributed by atoms with Crippen LogP contribution in [0.4, 0.5) is 5.69 Å². The van der Waals surface area contributed by atoms with Crippen molar-refractivity contribution in [1.29, 1.82) is 0 Å². The number of hydrogen-bond donors (Lipinski definition) is 2. The average Bonchev–Trinajstić information content (AvgIpc) is 2.50. The van der Waals surface area contributed by atoms with E-state index in [1.165, 1.54) is 6.26 Å². The summed E-state index contributed by atoms with van der Waals surface area (Å²) in [5.74, 6) is -0.473. The summed E-state index contributed by atoms with van der Waals surface area (Å²) in [5.41, 5.74) is 0.635. The lowest BCUT2D eigenvalue weighted by molar-refractivity contribution is -0.118. The lowest BCUT2D eigenvalue weighted by Crippen LogP contribution is -2.47. The highest BCUT2D eigenvalue weighted by Gasteiger charge is 2.24. The first kappa shape index (κ1) is 22.1. The highest BCUT2D eigenvalue weighted by molar-refractivity contribution is 7.90. The van der Waals surface area contributed by atoms with Crippen molar-refractivity contribution in [3.8, 4) is 0 Å². The zero-order valence-electron chi connectivity index (χ0n) is 16.1. The van der Waals surface area contributed by atoms with Gasteiger partial charge in [-0.1, -0.05) is 6.07 Å². The number of nitrogens with one attached hydrogen (secondary N) is 2. The third-order valence-electron chi connectivity index (χ3n) is 3.76. The Hall–Kier alpha value is -1.93. The molecule has 0 saturated carbocycles.